The molecule has 1 N–H and O–H groups in total. The van der Waals surface area contributed by atoms with Gasteiger partial charge in [-0.15, -0.1) is 11.8 Å². The molecular weight excluding hydrogens is 380 g/mol. The summed E-state index contributed by atoms with van der Waals surface area (Å²) < 4.78 is 5.74. The fourth-order valence-corrected chi connectivity index (χ4v) is 4.19. The summed E-state index contributed by atoms with van der Waals surface area (Å²) in [5.74, 6) is 1.04. The van der Waals surface area contributed by atoms with E-state index < -0.39 is 0 Å². The number of nitrogens with zero attached hydrogens (tertiary/aromatic N) is 1. The van der Waals surface area contributed by atoms with Gasteiger partial charge in [0.2, 0.25) is 0 Å². The summed E-state index contributed by atoms with van der Waals surface area (Å²) in [6, 6.07) is 17.6. The van der Waals surface area contributed by atoms with E-state index in [0.29, 0.717) is 23.9 Å². The van der Waals surface area contributed by atoms with Crippen LogP contribution in [0.25, 0.3) is 4.91 Å². The Bertz CT molecular complexity index is 824. The number of nitrogens with one attached hydrogen (secondary N) is 1. The van der Waals surface area contributed by atoms with Gasteiger partial charge in [-0.1, -0.05) is 60.1 Å². The first-order chi connectivity index (χ1) is 13.1. The zero-order valence-corrected chi connectivity index (χ0v) is 17.0. The van der Waals surface area contributed by atoms with Crippen LogP contribution in [0, 0.1) is 0 Å². The Kier molecular flexibility index (Phi) is 6.83. The predicted molar refractivity (Wildman–Crippen MR) is 113 cm³/mol. The summed E-state index contributed by atoms with van der Waals surface area (Å²) in [6.07, 6.45) is 0. The van der Waals surface area contributed by atoms with Crippen LogP contribution in [0.4, 0.5) is 0 Å². The Morgan fingerprint density at radius 1 is 1.19 bits per heavy atom. The molecule has 2 aromatic rings. The number of halogens is 1. The van der Waals surface area contributed by atoms with Crippen LogP contribution in [0.5, 0.6) is 0 Å². The van der Waals surface area contributed by atoms with Crippen LogP contribution in [0.1, 0.15) is 17.2 Å². The lowest BCUT2D eigenvalue weighted by molar-refractivity contribution is -0.120. The highest BCUT2D eigenvalue weighted by molar-refractivity contribution is 8.08. The molecule has 1 aliphatic heterocycles. The third-order valence-electron chi connectivity index (χ3n) is 4.37. The van der Waals surface area contributed by atoms with Crippen LogP contribution in [0.3, 0.4) is 0 Å². The van der Waals surface area contributed by atoms with Crippen molar-refractivity contribution in [2.45, 2.75) is 6.04 Å². The van der Waals surface area contributed by atoms with E-state index in [0.717, 1.165) is 21.8 Å². The lowest BCUT2D eigenvalue weighted by atomic mass is 10.1. The molecule has 1 amide bonds. The second-order valence-electron chi connectivity index (χ2n) is 6.43. The second-order valence-corrected chi connectivity index (χ2v) is 7.94. The van der Waals surface area contributed by atoms with E-state index in [9.17, 15) is 4.79 Å². The minimum absolute atomic E-state index is 0.0281. The van der Waals surface area contributed by atoms with Crippen LogP contribution < -0.4 is 5.32 Å². The lowest BCUT2D eigenvalue weighted by Crippen LogP contribution is -2.36. The normalized spacial score (nSPS) is 15.4. The Labute approximate surface area is 169 Å². The molecule has 0 unspecified atom stereocenters. The number of thioether (sulfide) groups is 1. The highest BCUT2D eigenvalue weighted by Gasteiger charge is 2.24. The molecule has 0 saturated heterocycles. The van der Waals surface area contributed by atoms with E-state index in [-0.39, 0.29) is 11.9 Å². The van der Waals surface area contributed by atoms with Crippen molar-refractivity contribution in [3.05, 3.63) is 76.5 Å². The Hall–Kier alpha value is -1.95. The first-order valence-corrected chi connectivity index (χ1v) is 10.2. The predicted octanol–water partition coefficient (Wildman–Crippen LogP) is 4.19. The van der Waals surface area contributed by atoms with Crippen LogP contribution in [0.2, 0.25) is 5.02 Å². The van der Waals surface area contributed by atoms with Gasteiger partial charge in [0.25, 0.3) is 5.91 Å². The van der Waals surface area contributed by atoms with E-state index in [1.807, 2.05) is 73.6 Å². The van der Waals surface area contributed by atoms with Crippen LogP contribution in [0.15, 0.2) is 60.4 Å². The molecule has 0 aliphatic carbocycles. The number of ether oxygens (including phenoxy) is 1. The molecule has 0 bridgehead atoms. The monoisotopic (exact) mass is 402 g/mol. The van der Waals surface area contributed by atoms with Crippen LogP contribution >= 0.6 is 23.4 Å². The topological polar surface area (TPSA) is 41.6 Å². The first-order valence-electron chi connectivity index (χ1n) is 8.82. The number of amides is 1. The molecule has 4 nitrogen and oxygen atoms in total. The Balaban J connectivity index is 1.79. The van der Waals surface area contributed by atoms with Crippen molar-refractivity contribution in [1.82, 2.24) is 10.2 Å². The fraction of sp³-hybridized carbons (Fsp3) is 0.286. The van der Waals surface area contributed by atoms with Gasteiger partial charge in [-0.3, -0.25) is 4.79 Å². The maximum absolute atomic E-state index is 12.9. The van der Waals surface area contributed by atoms with Crippen LogP contribution in [-0.4, -0.2) is 43.8 Å². The summed E-state index contributed by atoms with van der Waals surface area (Å²) in [5.41, 5.74) is 1.99. The van der Waals surface area contributed by atoms with Crippen molar-refractivity contribution in [3.8, 4) is 0 Å². The summed E-state index contributed by atoms with van der Waals surface area (Å²) >= 11 is 8.01. The van der Waals surface area contributed by atoms with Crippen molar-refractivity contribution >= 4 is 34.2 Å². The maximum Gasteiger partial charge on any atom is 0.287 e. The molecule has 0 aromatic heterocycles. The molecule has 27 heavy (non-hydrogen) atoms. The molecule has 0 spiro atoms. The van der Waals surface area contributed by atoms with E-state index in [4.69, 9.17) is 16.3 Å². The highest BCUT2D eigenvalue weighted by Crippen LogP contribution is 2.34. The molecule has 0 radical (unpaired) electrons. The van der Waals surface area contributed by atoms with Crippen molar-refractivity contribution < 1.29 is 9.53 Å². The summed E-state index contributed by atoms with van der Waals surface area (Å²) in [6.45, 7) is 0.973. The van der Waals surface area contributed by atoms with Crippen molar-refractivity contribution in [1.29, 1.82) is 0 Å². The van der Waals surface area contributed by atoms with E-state index in [2.05, 4.69) is 5.32 Å². The fourth-order valence-electron chi connectivity index (χ4n) is 2.98. The second kappa shape index (κ2) is 9.31. The molecule has 0 fully saturated rings. The van der Waals surface area contributed by atoms with Gasteiger partial charge >= 0.3 is 0 Å². The van der Waals surface area contributed by atoms with E-state index >= 15 is 0 Å². The highest BCUT2D eigenvalue weighted by atomic mass is 35.5. The Morgan fingerprint density at radius 2 is 1.89 bits per heavy atom. The molecule has 0 saturated carbocycles. The summed E-state index contributed by atoms with van der Waals surface area (Å²) in [5, 5.41) is 3.72. The maximum atomic E-state index is 12.9. The SMILES string of the molecule is CN(C)[C@@H](CNC(=O)C1=C(c2ccccc2)SCCO1)c1ccccc1Cl. The van der Waals surface area contributed by atoms with Gasteiger partial charge in [-0.25, -0.2) is 0 Å². The number of carbonyl (C=O) groups is 1. The summed E-state index contributed by atoms with van der Waals surface area (Å²) in [4.78, 5) is 15.8. The average Bonchev–Trinajstić information content (AvgIpc) is 2.69. The first kappa shape index (κ1) is 19.8. The number of hydrogen-bond acceptors (Lipinski definition) is 4. The third kappa shape index (κ3) is 4.86. The molecular formula is C21H23ClN2O2S. The molecule has 1 heterocycles. The smallest absolute Gasteiger partial charge is 0.287 e. The molecule has 3 rings (SSSR count). The third-order valence-corrected chi connectivity index (χ3v) is 5.79. The largest absolute Gasteiger partial charge is 0.486 e. The standard InChI is InChI=1S/C21H23ClN2O2S/c1-24(2)18(16-10-6-7-11-17(16)22)14-23-21(25)19-20(27-13-12-26-19)15-8-4-3-5-9-15/h3-11,18H,12-14H2,1-2H3,(H,23,25)/t18-/m0/s1. The van der Waals surface area contributed by atoms with Crippen molar-refractivity contribution in [3.63, 3.8) is 0 Å². The zero-order valence-electron chi connectivity index (χ0n) is 15.4. The van der Waals surface area contributed by atoms with Gasteiger partial charge in [-0.2, -0.15) is 0 Å². The Morgan fingerprint density at radius 3 is 2.59 bits per heavy atom. The van der Waals surface area contributed by atoms with Gasteiger partial charge in [0.15, 0.2) is 5.76 Å². The molecule has 6 heteroatoms. The van der Waals surface area contributed by atoms with E-state index in [1.165, 1.54) is 0 Å². The molecule has 1 aliphatic rings. The van der Waals surface area contributed by atoms with Gasteiger partial charge in [0.1, 0.15) is 0 Å². The van der Waals surface area contributed by atoms with Gasteiger partial charge < -0.3 is 15.0 Å². The number of hydrogen-bond donors (Lipinski definition) is 1. The number of benzene rings is 2. The van der Waals surface area contributed by atoms with Gasteiger partial charge in [-0.05, 0) is 31.3 Å². The van der Waals surface area contributed by atoms with Crippen molar-refractivity contribution in [2.24, 2.45) is 0 Å². The minimum atomic E-state index is -0.194. The van der Waals surface area contributed by atoms with Gasteiger partial charge in [0, 0.05) is 17.3 Å². The zero-order chi connectivity index (χ0) is 19.2. The molecule has 142 valence electrons. The quantitative estimate of drug-likeness (QED) is 0.786. The minimum Gasteiger partial charge on any atom is -0.486 e. The van der Waals surface area contributed by atoms with Gasteiger partial charge in [0.05, 0.1) is 17.6 Å². The number of rotatable bonds is 6. The summed E-state index contributed by atoms with van der Waals surface area (Å²) in [7, 11) is 3.95. The average molecular weight is 403 g/mol. The van der Waals surface area contributed by atoms with E-state index in [1.54, 1.807) is 11.8 Å². The number of likely N-dealkylation sites (N-methyl/N-ethyl adjacent to an activating group) is 1. The van der Waals surface area contributed by atoms with Crippen molar-refractivity contribution in [2.75, 3.05) is 33.0 Å². The molecule has 1 atom stereocenters. The molecule has 2 aromatic carbocycles. The lowest BCUT2D eigenvalue weighted by Gasteiger charge is -2.27. The number of carbonyl (C=O) groups excluding carboxylic acids is 1. The van der Waals surface area contributed by atoms with Crippen LogP contribution in [-0.2, 0) is 9.53 Å².